The fourth-order valence-corrected chi connectivity index (χ4v) is 1.42. The second-order valence-electron chi connectivity index (χ2n) is 4.42. The molecular weight excluding hydrogens is 160 g/mol. The van der Waals surface area contributed by atoms with Gasteiger partial charge >= 0.3 is 0 Å². The van der Waals surface area contributed by atoms with Gasteiger partial charge in [-0.15, -0.1) is 0 Å². The van der Waals surface area contributed by atoms with Gasteiger partial charge in [-0.05, 0) is 23.1 Å². The summed E-state index contributed by atoms with van der Waals surface area (Å²) in [5.74, 6) is 0. The molecule has 0 radical (unpaired) electrons. The van der Waals surface area contributed by atoms with Crippen LogP contribution in [0.15, 0.2) is 34.9 Å². The summed E-state index contributed by atoms with van der Waals surface area (Å²) in [7, 11) is 0. The zero-order valence-electron chi connectivity index (χ0n) is 8.29. The van der Waals surface area contributed by atoms with Crippen LogP contribution in [0.5, 0.6) is 0 Å². The molecule has 1 aromatic heterocycles. The number of furan rings is 1. The van der Waals surface area contributed by atoms with Gasteiger partial charge in [-0.3, -0.25) is 0 Å². The lowest BCUT2D eigenvalue weighted by molar-refractivity contribution is 0.583. The Morgan fingerprint density at radius 3 is 2.54 bits per heavy atom. The number of hydrogen-bond acceptors (Lipinski definition) is 1. The van der Waals surface area contributed by atoms with Gasteiger partial charge in [0, 0.05) is 5.39 Å². The van der Waals surface area contributed by atoms with Gasteiger partial charge in [-0.1, -0.05) is 32.9 Å². The molecule has 0 amide bonds. The van der Waals surface area contributed by atoms with Crippen molar-refractivity contribution in [2.45, 2.75) is 26.2 Å². The normalized spacial score (nSPS) is 12.2. The summed E-state index contributed by atoms with van der Waals surface area (Å²) < 4.78 is 5.35. The molecule has 1 heteroatoms. The van der Waals surface area contributed by atoms with E-state index in [9.17, 15) is 0 Å². The van der Waals surface area contributed by atoms with Crippen molar-refractivity contribution in [2.24, 2.45) is 0 Å². The van der Waals surface area contributed by atoms with E-state index in [1.807, 2.05) is 6.07 Å². The van der Waals surface area contributed by atoms with E-state index in [1.54, 1.807) is 6.26 Å². The molecule has 0 saturated heterocycles. The minimum Gasteiger partial charge on any atom is -0.464 e. The Hall–Kier alpha value is -1.24. The van der Waals surface area contributed by atoms with Crippen LogP contribution in [0.4, 0.5) is 0 Å². The molecule has 2 aromatic rings. The van der Waals surface area contributed by atoms with E-state index in [0.29, 0.717) is 0 Å². The van der Waals surface area contributed by atoms with Crippen LogP contribution in [0.25, 0.3) is 11.0 Å². The van der Waals surface area contributed by atoms with Crippen molar-refractivity contribution in [1.82, 2.24) is 0 Å². The Kier molecular flexibility index (Phi) is 1.69. The highest BCUT2D eigenvalue weighted by molar-refractivity contribution is 5.77. The predicted molar refractivity (Wildman–Crippen MR) is 54.9 cm³/mol. The first-order chi connectivity index (χ1) is 6.07. The third-order valence-corrected chi connectivity index (χ3v) is 2.32. The zero-order valence-corrected chi connectivity index (χ0v) is 8.29. The van der Waals surface area contributed by atoms with Crippen molar-refractivity contribution >= 4 is 11.0 Å². The van der Waals surface area contributed by atoms with Crippen LogP contribution < -0.4 is 0 Å². The molecule has 0 N–H and O–H groups in total. The lowest BCUT2D eigenvalue weighted by atomic mass is 9.87. The average Bonchev–Trinajstić information content (AvgIpc) is 2.47. The third kappa shape index (κ3) is 1.46. The Bertz CT molecular complexity index is 418. The Morgan fingerprint density at radius 1 is 1.08 bits per heavy atom. The number of fused-ring (bicyclic) bond motifs is 1. The van der Waals surface area contributed by atoms with Gasteiger partial charge < -0.3 is 4.42 Å². The minimum atomic E-state index is 0.195. The Balaban J connectivity index is 2.61. The lowest BCUT2D eigenvalue weighted by Crippen LogP contribution is -2.10. The summed E-state index contributed by atoms with van der Waals surface area (Å²) in [5.41, 5.74) is 2.49. The van der Waals surface area contributed by atoms with Gasteiger partial charge in [-0.2, -0.15) is 0 Å². The molecule has 1 aromatic carbocycles. The smallest absolute Gasteiger partial charge is 0.134 e. The largest absolute Gasteiger partial charge is 0.464 e. The highest BCUT2D eigenvalue weighted by atomic mass is 16.3. The average molecular weight is 174 g/mol. The van der Waals surface area contributed by atoms with Crippen molar-refractivity contribution in [3.05, 3.63) is 36.1 Å². The first-order valence-electron chi connectivity index (χ1n) is 4.55. The first-order valence-corrected chi connectivity index (χ1v) is 4.55. The molecule has 0 saturated carbocycles. The molecule has 0 atom stereocenters. The van der Waals surface area contributed by atoms with Crippen molar-refractivity contribution in [2.75, 3.05) is 0 Å². The fourth-order valence-electron chi connectivity index (χ4n) is 1.42. The second-order valence-corrected chi connectivity index (χ2v) is 4.42. The first kappa shape index (κ1) is 8.36. The van der Waals surface area contributed by atoms with Crippen LogP contribution in [0, 0.1) is 0 Å². The summed E-state index contributed by atoms with van der Waals surface area (Å²) in [6, 6.07) is 8.38. The van der Waals surface area contributed by atoms with Crippen LogP contribution >= 0.6 is 0 Å². The monoisotopic (exact) mass is 174 g/mol. The van der Waals surface area contributed by atoms with Gasteiger partial charge in [0.05, 0.1) is 6.26 Å². The molecule has 1 nitrogen and oxygen atoms in total. The van der Waals surface area contributed by atoms with Crippen LogP contribution in [0.3, 0.4) is 0 Å². The van der Waals surface area contributed by atoms with Gasteiger partial charge in [0.1, 0.15) is 5.58 Å². The van der Waals surface area contributed by atoms with Gasteiger partial charge in [-0.25, -0.2) is 0 Å². The quantitative estimate of drug-likeness (QED) is 0.593. The van der Waals surface area contributed by atoms with Crippen molar-refractivity contribution in [1.29, 1.82) is 0 Å². The summed E-state index contributed by atoms with van der Waals surface area (Å²) in [6.07, 6.45) is 1.73. The van der Waals surface area contributed by atoms with Crippen molar-refractivity contribution in [3.8, 4) is 0 Å². The van der Waals surface area contributed by atoms with E-state index in [-0.39, 0.29) is 5.41 Å². The Morgan fingerprint density at radius 2 is 1.85 bits per heavy atom. The van der Waals surface area contributed by atoms with Crippen LogP contribution in [-0.2, 0) is 5.41 Å². The van der Waals surface area contributed by atoms with Crippen LogP contribution in [0.1, 0.15) is 26.3 Å². The van der Waals surface area contributed by atoms with E-state index >= 15 is 0 Å². The summed E-state index contributed by atoms with van der Waals surface area (Å²) in [5, 5.41) is 1.17. The molecule has 0 aliphatic carbocycles. The summed E-state index contributed by atoms with van der Waals surface area (Å²) in [6.45, 7) is 6.62. The van der Waals surface area contributed by atoms with E-state index in [4.69, 9.17) is 4.42 Å². The molecule has 0 fully saturated rings. The molecule has 0 unspecified atom stereocenters. The zero-order chi connectivity index (χ0) is 9.47. The molecule has 0 aliphatic heterocycles. The van der Waals surface area contributed by atoms with Crippen molar-refractivity contribution < 1.29 is 4.42 Å². The molecule has 13 heavy (non-hydrogen) atoms. The topological polar surface area (TPSA) is 13.1 Å². The van der Waals surface area contributed by atoms with E-state index in [1.165, 1.54) is 10.9 Å². The predicted octanol–water partition coefficient (Wildman–Crippen LogP) is 3.73. The lowest BCUT2D eigenvalue weighted by Gasteiger charge is -2.18. The maximum atomic E-state index is 5.35. The van der Waals surface area contributed by atoms with Gasteiger partial charge in [0.25, 0.3) is 0 Å². The second kappa shape index (κ2) is 2.63. The summed E-state index contributed by atoms with van der Waals surface area (Å²) in [4.78, 5) is 0. The molecule has 0 aliphatic rings. The summed E-state index contributed by atoms with van der Waals surface area (Å²) >= 11 is 0. The highest BCUT2D eigenvalue weighted by Crippen LogP contribution is 2.26. The van der Waals surface area contributed by atoms with Gasteiger partial charge in [0.2, 0.25) is 0 Å². The third-order valence-electron chi connectivity index (χ3n) is 2.32. The van der Waals surface area contributed by atoms with E-state index in [0.717, 1.165) is 5.58 Å². The fraction of sp³-hybridized carbons (Fsp3) is 0.333. The molecule has 0 spiro atoms. The Labute approximate surface area is 78.4 Å². The molecular formula is C12H14O. The maximum absolute atomic E-state index is 5.35. The molecule has 1 heterocycles. The molecule has 68 valence electrons. The highest BCUT2D eigenvalue weighted by Gasteiger charge is 2.14. The van der Waals surface area contributed by atoms with Crippen LogP contribution in [0.2, 0.25) is 0 Å². The van der Waals surface area contributed by atoms with E-state index in [2.05, 4.69) is 39.0 Å². The molecule has 0 bridgehead atoms. The number of hydrogen-bond donors (Lipinski definition) is 0. The number of benzene rings is 1. The SMILES string of the molecule is CC(C)(C)c1ccc2ccoc2c1. The number of rotatable bonds is 0. The van der Waals surface area contributed by atoms with Crippen LogP contribution in [-0.4, -0.2) is 0 Å². The van der Waals surface area contributed by atoms with Gasteiger partial charge in [0.15, 0.2) is 0 Å². The maximum Gasteiger partial charge on any atom is 0.134 e. The van der Waals surface area contributed by atoms with E-state index < -0.39 is 0 Å². The standard InChI is InChI=1S/C12H14O/c1-12(2,3)10-5-4-9-6-7-13-11(9)8-10/h4-8H,1-3H3. The van der Waals surface area contributed by atoms with Crippen molar-refractivity contribution in [3.63, 3.8) is 0 Å². The minimum absolute atomic E-state index is 0.195. The molecule has 2 rings (SSSR count).